The van der Waals surface area contributed by atoms with Gasteiger partial charge in [0.2, 0.25) is 0 Å². The minimum atomic E-state index is -4.87. The molecule has 0 amide bonds. The maximum Gasteiger partial charge on any atom is 0.513 e. The third-order valence-corrected chi connectivity index (χ3v) is 4.52. The van der Waals surface area contributed by atoms with Gasteiger partial charge in [0.1, 0.15) is 5.69 Å². The number of rotatable bonds is 4. The molecule has 0 saturated heterocycles. The second kappa shape index (κ2) is 8.96. The first-order valence-corrected chi connectivity index (χ1v) is 9.44. The van der Waals surface area contributed by atoms with Crippen molar-refractivity contribution in [3.05, 3.63) is 56.9 Å². The molecule has 34 heavy (non-hydrogen) atoms. The molecule has 0 N–H and O–H groups in total. The average Bonchev–Trinajstić information content (AvgIpc) is 3.24. The fourth-order valence-electron chi connectivity index (χ4n) is 2.70. The van der Waals surface area contributed by atoms with Crippen LogP contribution < -0.4 is 10.3 Å². The van der Waals surface area contributed by atoms with Crippen LogP contribution in [0.3, 0.4) is 0 Å². The summed E-state index contributed by atoms with van der Waals surface area (Å²) in [6.07, 6.45) is -9.85. The molecule has 182 valence electrons. The first-order chi connectivity index (χ1) is 15.8. The van der Waals surface area contributed by atoms with E-state index < -0.39 is 57.6 Å². The van der Waals surface area contributed by atoms with E-state index in [-0.39, 0.29) is 12.1 Å². The highest BCUT2D eigenvalue weighted by atomic mass is 35.5. The number of aryl methyl sites for hydroxylation is 1. The van der Waals surface area contributed by atoms with Crippen molar-refractivity contribution in [1.29, 1.82) is 0 Å². The summed E-state index contributed by atoms with van der Waals surface area (Å²) < 4.78 is 88.3. The van der Waals surface area contributed by atoms with Crippen molar-refractivity contribution in [3.63, 3.8) is 0 Å². The summed E-state index contributed by atoms with van der Waals surface area (Å²) in [6, 6.07) is 1.05. The molecule has 0 atom stereocenters. The number of hydrogen-bond acceptors (Lipinski definition) is 7. The number of alkyl halides is 6. The molecule has 3 heterocycles. The van der Waals surface area contributed by atoms with E-state index in [1.54, 1.807) is 0 Å². The molecule has 0 fully saturated rings. The third-order valence-electron chi connectivity index (χ3n) is 4.24. The van der Waals surface area contributed by atoms with Gasteiger partial charge in [-0.15, -0.1) is 0 Å². The van der Waals surface area contributed by atoms with Crippen LogP contribution in [-0.4, -0.2) is 37.8 Å². The van der Waals surface area contributed by atoms with Gasteiger partial charge in [-0.3, -0.25) is 4.79 Å². The number of pyridine rings is 1. The zero-order valence-electron chi connectivity index (χ0n) is 17.0. The lowest BCUT2D eigenvalue weighted by molar-refractivity contribution is -0.141. The van der Waals surface area contributed by atoms with Crippen LogP contribution in [0.25, 0.3) is 11.5 Å². The van der Waals surface area contributed by atoms with Gasteiger partial charge < -0.3 is 9.47 Å². The van der Waals surface area contributed by atoms with Crippen molar-refractivity contribution in [2.24, 2.45) is 0 Å². The van der Waals surface area contributed by atoms with Gasteiger partial charge >= 0.3 is 24.1 Å². The van der Waals surface area contributed by atoms with Gasteiger partial charge in [0.05, 0.1) is 17.7 Å². The van der Waals surface area contributed by atoms with E-state index in [1.165, 1.54) is 6.92 Å². The average molecular weight is 512 g/mol. The van der Waals surface area contributed by atoms with Crippen molar-refractivity contribution < 1.29 is 40.6 Å². The molecule has 0 aliphatic heterocycles. The van der Waals surface area contributed by atoms with Crippen LogP contribution >= 0.6 is 11.6 Å². The molecule has 0 radical (unpaired) electrons. The van der Waals surface area contributed by atoms with Crippen LogP contribution in [0.4, 0.5) is 31.1 Å². The largest absolute Gasteiger partial charge is 0.513 e. The van der Waals surface area contributed by atoms with Crippen LogP contribution in [0.15, 0.2) is 29.3 Å². The highest BCUT2D eigenvalue weighted by Gasteiger charge is 2.35. The molecule has 0 aromatic carbocycles. The van der Waals surface area contributed by atoms with Gasteiger partial charge in [-0.25, -0.2) is 14.5 Å². The van der Waals surface area contributed by atoms with E-state index >= 15 is 0 Å². The Labute approximate surface area is 190 Å². The van der Waals surface area contributed by atoms with Crippen LogP contribution in [0.1, 0.15) is 23.9 Å². The fourth-order valence-corrected chi connectivity index (χ4v) is 2.94. The lowest BCUT2D eigenvalue weighted by Crippen LogP contribution is -2.30. The quantitative estimate of drug-likeness (QED) is 0.382. The number of halogens is 7. The number of hydrogen-bond donors (Lipinski definition) is 0. The van der Waals surface area contributed by atoms with Crippen LogP contribution in [-0.2, 0) is 23.5 Å². The van der Waals surface area contributed by atoms with Gasteiger partial charge in [-0.05, 0) is 18.6 Å². The van der Waals surface area contributed by atoms with E-state index in [1.807, 2.05) is 0 Å². The molecule has 3 aromatic heterocycles. The third kappa shape index (κ3) is 4.83. The molecule has 0 bridgehead atoms. The number of carbonyl (C=O) groups excluding carboxylic acids is 1. The Morgan fingerprint density at radius 2 is 1.82 bits per heavy atom. The zero-order valence-corrected chi connectivity index (χ0v) is 17.8. The summed E-state index contributed by atoms with van der Waals surface area (Å²) in [6.45, 7) is 1.50. The Morgan fingerprint density at radius 1 is 1.15 bits per heavy atom. The minimum absolute atomic E-state index is 0.0503. The number of carbonyl (C=O) groups is 1. The maximum absolute atomic E-state index is 13.2. The summed E-state index contributed by atoms with van der Waals surface area (Å²) in [5.41, 5.74) is -4.71. The van der Waals surface area contributed by atoms with Gasteiger partial charge in [0.25, 0.3) is 0 Å². The summed E-state index contributed by atoms with van der Waals surface area (Å²) >= 11 is 5.91. The monoisotopic (exact) mass is 511 g/mol. The molecule has 0 unspecified atom stereocenters. The number of methoxy groups -OCH3 is 1. The topological polar surface area (TPSA) is 101 Å². The van der Waals surface area contributed by atoms with Gasteiger partial charge in [-0.2, -0.15) is 41.2 Å². The van der Waals surface area contributed by atoms with Crippen molar-refractivity contribution in [3.8, 4) is 17.3 Å². The van der Waals surface area contributed by atoms with E-state index in [9.17, 15) is 35.9 Å². The number of ether oxygens (including phenoxy) is 2. The zero-order chi connectivity index (χ0) is 25.4. The molecule has 16 heteroatoms. The summed E-state index contributed by atoms with van der Waals surface area (Å²) in [5, 5.41) is 6.60. The highest BCUT2D eigenvalue weighted by molar-refractivity contribution is 6.32. The summed E-state index contributed by atoms with van der Waals surface area (Å²) in [7, 11) is 0.948. The second-order valence-electron chi connectivity index (χ2n) is 6.42. The van der Waals surface area contributed by atoms with E-state index in [0.717, 1.165) is 13.3 Å². The molecule has 0 aliphatic rings. The second-order valence-corrected chi connectivity index (χ2v) is 6.83. The molecule has 0 saturated carbocycles. The molecule has 0 spiro atoms. The lowest BCUT2D eigenvalue weighted by atomic mass is 10.2. The molecule has 0 aliphatic carbocycles. The van der Waals surface area contributed by atoms with Crippen LogP contribution in [0.2, 0.25) is 5.02 Å². The van der Waals surface area contributed by atoms with Crippen LogP contribution in [0.5, 0.6) is 5.75 Å². The Balaban J connectivity index is 2.33. The van der Waals surface area contributed by atoms with Crippen molar-refractivity contribution in [2.75, 3.05) is 7.11 Å². The molecule has 9 nitrogen and oxygen atoms in total. The van der Waals surface area contributed by atoms with Gasteiger partial charge in [-0.1, -0.05) is 18.5 Å². The fraction of sp³-hybridized carbons (Fsp3) is 0.278. The standard InChI is InChI=1S/C18H12ClF6N5O4/c1-3-10-13(34-16(32)33-2)12(29-5-4-11(28-29)18(23,24)25)15(31)30(27-10)14-9(19)6-8(7-26-14)17(20,21)22/h4-7H,3H2,1-2H3. The normalized spacial score (nSPS) is 12.0. The van der Waals surface area contributed by atoms with E-state index in [2.05, 4.69) is 19.9 Å². The van der Waals surface area contributed by atoms with Crippen molar-refractivity contribution in [1.82, 2.24) is 24.5 Å². The predicted molar refractivity (Wildman–Crippen MR) is 102 cm³/mol. The number of nitrogens with zero attached hydrogens (tertiary/aromatic N) is 5. The van der Waals surface area contributed by atoms with Gasteiger partial charge in [0, 0.05) is 12.4 Å². The maximum atomic E-state index is 13.2. The van der Waals surface area contributed by atoms with E-state index in [4.69, 9.17) is 16.3 Å². The Kier molecular flexibility index (Phi) is 6.59. The predicted octanol–water partition coefficient (Wildman–Crippen LogP) is 4.21. The lowest BCUT2D eigenvalue weighted by Gasteiger charge is -2.16. The van der Waals surface area contributed by atoms with E-state index in [0.29, 0.717) is 27.7 Å². The first-order valence-electron chi connectivity index (χ1n) is 9.06. The SMILES string of the molecule is CCc1nn(-c2ncc(C(F)(F)F)cc2Cl)c(=O)c(-n2ccc(C(F)(F)F)n2)c1OC(=O)OC. The number of aromatic nitrogens is 5. The Bertz CT molecular complexity index is 1300. The molecule has 3 rings (SSSR count). The smallest absolute Gasteiger partial charge is 0.437 e. The van der Waals surface area contributed by atoms with Crippen molar-refractivity contribution in [2.45, 2.75) is 25.7 Å². The Morgan fingerprint density at radius 3 is 2.32 bits per heavy atom. The Hall–Kier alpha value is -3.62. The summed E-state index contributed by atoms with van der Waals surface area (Å²) in [5.74, 6) is -1.13. The molecule has 3 aromatic rings. The summed E-state index contributed by atoms with van der Waals surface area (Å²) in [4.78, 5) is 28.5. The first kappa shape index (κ1) is 25.0. The van der Waals surface area contributed by atoms with Crippen LogP contribution in [0, 0.1) is 0 Å². The molecular formula is C18H12ClF6N5O4. The molecular weight excluding hydrogens is 500 g/mol. The van der Waals surface area contributed by atoms with Gasteiger partial charge in [0.15, 0.2) is 22.9 Å². The van der Waals surface area contributed by atoms with Crippen molar-refractivity contribution >= 4 is 17.8 Å². The minimum Gasteiger partial charge on any atom is -0.437 e. The highest BCUT2D eigenvalue weighted by Crippen LogP contribution is 2.33.